The molecule has 3 heterocycles. The highest BCUT2D eigenvalue weighted by Crippen LogP contribution is 2.63. The van der Waals surface area contributed by atoms with Crippen LogP contribution in [-0.4, -0.2) is 0 Å². The summed E-state index contributed by atoms with van der Waals surface area (Å²) in [5.74, 6) is 3.84. The van der Waals surface area contributed by atoms with Gasteiger partial charge in [0.05, 0.1) is 0 Å². The largest absolute Gasteiger partial charge is 0.455 e. The highest BCUT2D eigenvalue weighted by Gasteiger charge is 2.45. The van der Waals surface area contributed by atoms with Gasteiger partial charge in [0.15, 0.2) is 0 Å². The molecular weight excluding hydrogens is 585 g/mol. The van der Waals surface area contributed by atoms with E-state index in [0.29, 0.717) is 0 Å². The zero-order chi connectivity index (χ0) is 35.3. The van der Waals surface area contributed by atoms with Gasteiger partial charge in [-0.3, -0.25) is 0 Å². The first-order valence-corrected chi connectivity index (χ1v) is 17.9. The molecule has 4 bridgehead atoms. The van der Waals surface area contributed by atoms with E-state index in [0.717, 1.165) is 45.3 Å². The first kappa shape index (κ1) is 33.0. The average molecular weight is 641 g/mol. The Balaban J connectivity index is 1.76. The number of hydrogen-bond donors (Lipinski definition) is 0. The van der Waals surface area contributed by atoms with Gasteiger partial charge in [0.1, 0.15) is 23.0 Å². The topological polar surface area (TPSA) is 18.5 Å². The molecule has 7 rings (SSSR count). The predicted octanol–water partition coefficient (Wildman–Crippen LogP) is 13.4. The second-order valence-electron chi connectivity index (χ2n) is 20.1. The number of rotatable bonds is 0. The summed E-state index contributed by atoms with van der Waals surface area (Å²) in [5.41, 5.74) is 13.9. The molecule has 0 radical (unpaired) electrons. The lowest BCUT2D eigenvalue weighted by atomic mass is 9.67. The predicted molar refractivity (Wildman–Crippen MR) is 203 cm³/mol. The molecule has 0 atom stereocenters. The van der Waals surface area contributed by atoms with Gasteiger partial charge in [-0.15, -0.1) is 0 Å². The van der Waals surface area contributed by atoms with Crippen molar-refractivity contribution < 1.29 is 9.47 Å². The smallest absolute Gasteiger partial charge is 0.139 e. The van der Waals surface area contributed by atoms with Crippen LogP contribution >= 0.6 is 0 Å². The maximum absolute atomic E-state index is 7.41. The standard InChI is InChI=1S/C46H56O2/c1-41(2,3)25-17-29-30-18-26(42(4,5)6)23-35-38(30)48-40-32(20-28(44(10,11)12)24-36(40)46(35,15)16)31-19-27(43(7,8)9)22-34-39(31)47-37(29)33(21-25)45(34,13)14/h17-24H,1-16H3. The monoisotopic (exact) mass is 640 g/mol. The van der Waals surface area contributed by atoms with Crippen LogP contribution in [0.1, 0.15) is 155 Å². The van der Waals surface area contributed by atoms with E-state index >= 15 is 0 Å². The van der Waals surface area contributed by atoms with Crippen LogP contribution in [0.15, 0.2) is 48.5 Å². The van der Waals surface area contributed by atoms with Crippen LogP contribution in [0.5, 0.6) is 23.0 Å². The minimum absolute atomic E-state index is 0.0550. The lowest BCUT2D eigenvalue weighted by molar-refractivity contribution is 0.405. The summed E-state index contributed by atoms with van der Waals surface area (Å²) in [4.78, 5) is 0. The Kier molecular flexibility index (Phi) is 6.59. The zero-order valence-electron chi connectivity index (χ0n) is 32.4. The number of benzene rings is 4. The maximum Gasteiger partial charge on any atom is 0.139 e. The van der Waals surface area contributed by atoms with Gasteiger partial charge in [0, 0.05) is 55.3 Å². The molecule has 0 unspecified atom stereocenters. The molecule has 0 N–H and O–H groups in total. The van der Waals surface area contributed by atoms with E-state index in [1.165, 1.54) is 44.5 Å². The average Bonchev–Trinajstić information content (AvgIpc) is 2.93. The SMILES string of the molecule is CC(C)(C)c1cc2c3c(c1)C(C)(C)c1cc(C(C)(C)C)cc(c1O3)-c1cc(C(C)(C)C)cc3c1Oc1c-2cc(C(C)(C)C)cc1C3(C)C. The summed E-state index contributed by atoms with van der Waals surface area (Å²) in [7, 11) is 0. The zero-order valence-corrected chi connectivity index (χ0v) is 32.4. The van der Waals surface area contributed by atoms with E-state index in [-0.39, 0.29) is 32.5 Å². The van der Waals surface area contributed by atoms with Crippen molar-refractivity contribution in [3.63, 3.8) is 0 Å². The van der Waals surface area contributed by atoms with Crippen LogP contribution < -0.4 is 9.47 Å². The third kappa shape index (κ3) is 4.72. The quantitative estimate of drug-likeness (QED) is 0.168. The Hall–Kier alpha value is -3.52. The number of hydrogen-bond acceptors (Lipinski definition) is 2. The van der Waals surface area contributed by atoms with Crippen molar-refractivity contribution in [2.45, 2.75) is 143 Å². The fourth-order valence-corrected chi connectivity index (χ4v) is 7.84. The third-order valence-corrected chi connectivity index (χ3v) is 11.5. The third-order valence-electron chi connectivity index (χ3n) is 11.5. The highest BCUT2D eigenvalue weighted by molar-refractivity contribution is 5.90. The van der Waals surface area contributed by atoms with Gasteiger partial charge in [-0.2, -0.15) is 0 Å². The molecule has 4 aromatic rings. The van der Waals surface area contributed by atoms with Gasteiger partial charge in [-0.05, 0) is 68.2 Å². The van der Waals surface area contributed by atoms with E-state index in [1.807, 2.05) is 0 Å². The van der Waals surface area contributed by atoms with Gasteiger partial charge < -0.3 is 9.47 Å². The molecule has 0 amide bonds. The lowest BCUT2D eigenvalue weighted by Crippen LogP contribution is -2.30. The molecule has 2 heteroatoms. The Morgan fingerprint density at radius 1 is 0.333 bits per heavy atom. The second-order valence-corrected chi connectivity index (χ2v) is 20.1. The van der Waals surface area contributed by atoms with E-state index in [4.69, 9.17) is 9.47 Å². The molecular formula is C46H56O2. The van der Waals surface area contributed by atoms with Crippen LogP contribution in [0, 0.1) is 0 Å². The highest BCUT2D eigenvalue weighted by atomic mass is 16.5. The molecule has 4 aromatic carbocycles. The molecule has 3 aliphatic heterocycles. The normalized spacial score (nSPS) is 17.0. The van der Waals surface area contributed by atoms with Crippen molar-refractivity contribution in [3.8, 4) is 45.3 Å². The first-order chi connectivity index (χ1) is 21.8. The van der Waals surface area contributed by atoms with Gasteiger partial charge >= 0.3 is 0 Å². The summed E-state index contributed by atoms with van der Waals surface area (Å²) < 4.78 is 14.8. The molecule has 252 valence electrons. The van der Waals surface area contributed by atoms with Crippen molar-refractivity contribution in [1.29, 1.82) is 0 Å². The van der Waals surface area contributed by atoms with E-state index in [9.17, 15) is 0 Å². The summed E-state index contributed by atoms with van der Waals surface area (Å²) in [6.45, 7) is 37.4. The fourth-order valence-electron chi connectivity index (χ4n) is 7.84. The van der Waals surface area contributed by atoms with Crippen LogP contribution in [0.4, 0.5) is 0 Å². The molecule has 0 aromatic heterocycles. The fraction of sp³-hybridized carbons (Fsp3) is 0.478. The molecule has 2 nitrogen and oxygen atoms in total. The summed E-state index contributed by atoms with van der Waals surface area (Å²) in [6.07, 6.45) is 0. The number of fused-ring (bicyclic) bond motifs is 2. The van der Waals surface area contributed by atoms with Gasteiger partial charge in [0.25, 0.3) is 0 Å². The summed E-state index contributed by atoms with van der Waals surface area (Å²) in [5, 5.41) is 0. The van der Waals surface area contributed by atoms with Crippen molar-refractivity contribution in [3.05, 3.63) is 93.0 Å². The van der Waals surface area contributed by atoms with Crippen LogP contribution in [0.2, 0.25) is 0 Å². The molecule has 0 saturated heterocycles. The van der Waals surface area contributed by atoms with Crippen molar-refractivity contribution in [2.24, 2.45) is 0 Å². The molecule has 0 saturated carbocycles. The van der Waals surface area contributed by atoms with Crippen LogP contribution in [0.25, 0.3) is 22.3 Å². The van der Waals surface area contributed by atoms with Crippen molar-refractivity contribution in [1.82, 2.24) is 0 Å². The van der Waals surface area contributed by atoms with Gasteiger partial charge in [-0.1, -0.05) is 135 Å². The summed E-state index contributed by atoms with van der Waals surface area (Å²) in [6, 6.07) is 19.3. The van der Waals surface area contributed by atoms with Crippen molar-refractivity contribution >= 4 is 0 Å². The Bertz CT molecular complexity index is 1750. The number of ether oxygens (including phenoxy) is 2. The van der Waals surface area contributed by atoms with E-state index in [2.05, 4.69) is 159 Å². The molecule has 48 heavy (non-hydrogen) atoms. The van der Waals surface area contributed by atoms with Gasteiger partial charge in [-0.25, -0.2) is 0 Å². The van der Waals surface area contributed by atoms with E-state index in [1.54, 1.807) is 0 Å². The second kappa shape index (κ2) is 9.58. The Labute approximate surface area is 290 Å². The molecule has 0 aliphatic carbocycles. The molecule has 3 aliphatic rings. The van der Waals surface area contributed by atoms with Crippen LogP contribution in [-0.2, 0) is 32.5 Å². The minimum Gasteiger partial charge on any atom is -0.455 e. The Morgan fingerprint density at radius 2 is 0.521 bits per heavy atom. The van der Waals surface area contributed by atoms with Crippen molar-refractivity contribution in [2.75, 3.05) is 0 Å². The first-order valence-electron chi connectivity index (χ1n) is 17.9. The van der Waals surface area contributed by atoms with E-state index < -0.39 is 0 Å². The maximum atomic E-state index is 7.41. The minimum atomic E-state index is -0.298. The molecule has 0 spiro atoms. The molecule has 0 fully saturated rings. The van der Waals surface area contributed by atoms with Gasteiger partial charge in [0.2, 0.25) is 0 Å². The lowest BCUT2D eigenvalue weighted by Gasteiger charge is -2.43. The summed E-state index contributed by atoms with van der Waals surface area (Å²) >= 11 is 0. The van der Waals surface area contributed by atoms with Crippen LogP contribution in [0.3, 0.4) is 0 Å². The Morgan fingerprint density at radius 3 is 0.688 bits per heavy atom.